The Bertz CT molecular complexity index is 389. The fraction of sp³-hybridized carbons (Fsp3) is 0.111. The summed E-state index contributed by atoms with van der Waals surface area (Å²) in [7, 11) is 1.86. The van der Waals surface area contributed by atoms with Gasteiger partial charge in [0.2, 0.25) is 0 Å². The first-order valence-electron chi connectivity index (χ1n) is 3.87. The van der Waals surface area contributed by atoms with E-state index >= 15 is 0 Å². The predicted molar refractivity (Wildman–Crippen MR) is 51.4 cm³/mol. The summed E-state index contributed by atoms with van der Waals surface area (Å²) in [5.74, 6) is 0. The van der Waals surface area contributed by atoms with Gasteiger partial charge in [-0.15, -0.1) is 0 Å². The molecule has 0 saturated heterocycles. The first-order valence-corrected chi connectivity index (χ1v) is 4.25. The van der Waals surface area contributed by atoms with Crippen molar-refractivity contribution in [2.24, 2.45) is 7.05 Å². The molecule has 0 aliphatic rings. The molecule has 0 aromatic carbocycles. The molecule has 0 aliphatic carbocycles. The Morgan fingerprint density at radius 3 is 2.77 bits per heavy atom. The molecule has 3 nitrogen and oxygen atoms in total. The van der Waals surface area contributed by atoms with Gasteiger partial charge in [0.25, 0.3) is 0 Å². The van der Waals surface area contributed by atoms with Crippen LogP contribution in [0.15, 0.2) is 30.7 Å². The highest BCUT2D eigenvalue weighted by atomic mass is 35.5. The van der Waals surface area contributed by atoms with Crippen LogP contribution in [-0.2, 0) is 7.05 Å². The van der Waals surface area contributed by atoms with E-state index in [4.69, 9.17) is 11.6 Å². The number of rotatable bonds is 1. The highest BCUT2D eigenvalue weighted by Gasteiger charge is 2.07. The number of aromatic nitrogens is 3. The van der Waals surface area contributed by atoms with Gasteiger partial charge < -0.3 is 0 Å². The summed E-state index contributed by atoms with van der Waals surface area (Å²) in [6, 6.07) is 3.83. The van der Waals surface area contributed by atoms with E-state index < -0.39 is 0 Å². The molecule has 0 atom stereocenters. The van der Waals surface area contributed by atoms with Gasteiger partial charge in [-0.25, -0.2) is 0 Å². The van der Waals surface area contributed by atoms with Crippen molar-refractivity contribution < 1.29 is 0 Å². The molecule has 2 rings (SSSR count). The molecule has 0 amide bonds. The molecule has 66 valence electrons. The van der Waals surface area contributed by atoms with Crippen LogP contribution in [-0.4, -0.2) is 14.8 Å². The van der Waals surface area contributed by atoms with E-state index in [1.807, 2.05) is 19.2 Å². The number of nitrogens with zero attached hydrogens (tertiary/aromatic N) is 3. The molecule has 0 fully saturated rings. The average Bonchev–Trinajstić information content (AvgIpc) is 2.48. The fourth-order valence-electron chi connectivity index (χ4n) is 1.24. The summed E-state index contributed by atoms with van der Waals surface area (Å²) in [6.45, 7) is 0. The third-order valence-corrected chi connectivity index (χ3v) is 2.11. The minimum absolute atomic E-state index is 0.649. The maximum Gasteiger partial charge on any atom is 0.0880 e. The van der Waals surface area contributed by atoms with Gasteiger partial charge in [0, 0.05) is 25.0 Å². The standard InChI is InChI=1S/C9H8ClN3/c1-13-9(8(10)6-12-13)7-3-2-4-11-5-7/h2-6H,1H3. The van der Waals surface area contributed by atoms with Crippen molar-refractivity contribution in [3.63, 3.8) is 0 Å². The van der Waals surface area contributed by atoms with Gasteiger partial charge in [0.05, 0.1) is 16.9 Å². The summed E-state index contributed by atoms with van der Waals surface area (Å²) in [6.07, 6.45) is 5.13. The number of halogens is 1. The third-order valence-electron chi connectivity index (χ3n) is 1.83. The van der Waals surface area contributed by atoms with Gasteiger partial charge in [0.1, 0.15) is 0 Å². The van der Waals surface area contributed by atoms with Crippen LogP contribution in [0.5, 0.6) is 0 Å². The zero-order valence-corrected chi connectivity index (χ0v) is 7.86. The Hall–Kier alpha value is -1.35. The van der Waals surface area contributed by atoms with Crippen LogP contribution in [0.1, 0.15) is 0 Å². The molecule has 13 heavy (non-hydrogen) atoms. The van der Waals surface area contributed by atoms with Crippen LogP contribution in [0.2, 0.25) is 5.02 Å². The first kappa shape index (κ1) is 8.26. The van der Waals surface area contributed by atoms with E-state index in [1.165, 1.54) is 0 Å². The van der Waals surface area contributed by atoms with Crippen molar-refractivity contribution in [2.75, 3.05) is 0 Å². The van der Waals surface area contributed by atoms with E-state index in [0.717, 1.165) is 11.3 Å². The second kappa shape index (κ2) is 3.18. The largest absolute Gasteiger partial charge is 0.266 e. The van der Waals surface area contributed by atoms with Crippen LogP contribution in [0.25, 0.3) is 11.3 Å². The van der Waals surface area contributed by atoms with Crippen molar-refractivity contribution in [3.8, 4) is 11.3 Å². The van der Waals surface area contributed by atoms with Crippen LogP contribution in [0, 0.1) is 0 Å². The molecule has 4 heteroatoms. The fourth-order valence-corrected chi connectivity index (χ4v) is 1.51. The molecular formula is C9H8ClN3. The molecule has 2 aromatic heterocycles. The van der Waals surface area contributed by atoms with E-state index in [-0.39, 0.29) is 0 Å². The van der Waals surface area contributed by atoms with Crippen LogP contribution in [0.3, 0.4) is 0 Å². The zero-order chi connectivity index (χ0) is 9.26. The molecule has 0 radical (unpaired) electrons. The molecule has 0 N–H and O–H groups in total. The maximum absolute atomic E-state index is 5.97. The quantitative estimate of drug-likeness (QED) is 0.695. The Kier molecular flexibility index (Phi) is 2.02. The molecule has 2 aromatic rings. The smallest absolute Gasteiger partial charge is 0.0880 e. The van der Waals surface area contributed by atoms with Gasteiger partial charge >= 0.3 is 0 Å². The molecule has 0 saturated carbocycles. The van der Waals surface area contributed by atoms with Gasteiger partial charge in [-0.1, -0.05) is 11.6 Å². The lowest BCUT2D eigenvalue weighted by atomic mass is 10.2. The maximum atomic E-state index is 5.97. The number of hydrogen-bond donors (Lipinski definition) is 0. The topological polar surface area (TPSA) is 30.7 Å². The Labute approximate surface area is 81.0 Å². The highest BCUT2D eigenvalue weighted by molar-refractivity contribution is 6.33. The van der Waals surface area contributed by atoms with E-state index in [0.29, 0.717) is 5.02 Å². The van der Waals surface area contributed by atoms with Crippen molar-refractivity contribution >= 4 is 11.6 Å². The summed E-state index contributed by atoms with van der Waals surface area (Å²) < 4.78 is 1.74. The summed E-state index contributed by atoms with van der Waals surface area (Å²) in [5.41, 5.74) is 1.88. The lowest BCUT2D eigenvalue weighted by molar-refractivity contribution is 0.775. The SMILES string of the molecule is Cn1ncc(Cl)c1-c1cccnc1. The Morgan fingerprint density at radius 2 is 2.23 bits per heavy atom. The molecule has 0 unspecified atom stereocenters. The lowest BCUT2D eigenvalue weighted by Gasteiger charge is -2.00. The van der Waals surface area contributed by atoms with Crippen LogP contribution in [0.4, 0.5) is 0 Å². The summed E-state index contributed by atoms with van der Waals surface area (Å²) >= 11 is 5.97. The molecule has 0 spiro atoms. The zero-order valence-electron chi connectivity index (χ0n) is 7.11. The van der Waals surface area contributed by atoms with Gasteiger partial charge in [-0.05, 0) is 12.1 Å². The monoisotopic (exact) mass is 193 g/mol. The molecule has 0 aliphatic heterocycles. The highest BCUT2D eigenvalue weighted by Crippen LogP contribution is 2.25. The average molecular weight is 194 g/mol. The Morgan fingerprint density at radius 1 is 1.38 bits per heavy atom. The second-order valence-corrected chi connectivity index (χ2v) is 3.11. The predicted octanol–water partition coefficient (Wildman–Crippen LogP) is 2.14. The van der Waals surface area contributed by atoms with Crippen molar-refractivity contribution in [3.05, 3.63) is 35.7 Å². The normalized spacial score (nSPS) is 10.3. The first-order chi connectivity index (χ1) is 6.29. The second-order valence-electron chi connectivity index (χ2n) is 2.71. The lowest BCUT2D eigenvalue weighted by Crippen LogP contribution is -1.93. The van der Waals surface area contributed by atoms with E-state index in [1.54, 1.807) is 23.3 Å². The molecule has 2 heterocycles. The van der Waals surface area contributed by atoms with Crippen molar-refractivity contribution in [2.45, 2.75) is 0 Å². The van der Waals surface area contributed by atoms with Crippen LogP contribution >= 0.6 is 11.6 Å². The van der Waals surface area contributed by atoms with Crippen molar-refractivity contribution in [1.29, 1.82) is 0 Å². The van der Waals surface area contributed by atoms with Gasteiger partial charge in [-0.3, -0.25) is 9.67 Å². The summed E-state index contributed by atoms with van der Waals surface area (Å²) in [4.78, 5) is 4.02. The molecule has 0 bridgehead atoms. The Balaban J connectivity index is 2.59. The van der Waals surface area contributed by atoms with Gasteiger partial charge in [-0.2, -0.15) is 5.10 Å². The van der Waals surface area contributed by atoms with Crippen molar-refractivity contribution in [1.82, 2.24) is 14.8 Å². The number of aryl methyl sites for hydroxylation is 1. The third kappa shape index (κ3) is 1.42. The minimum Gasteiger partial charge on any atom is -0.266 e. The van der Waals surface area contributed by atoms with Gasteiger partial charge in [0.15, 0.2) is 0 Å². The molecular weight excluding hydrogens is 186 g/mol. The van der Waals surface area contributed by atoms with E-state index in [2.05, 4.69) is 10.1 Å². The number of pyridine rings is 1. The number of hydrogen-bond acceptors (Lipinski definition) is 2. The van der Waals surface area contributed by atoms with Crippen LogP contribution < -0.4 is 0 Å². The van der Waals surface area contributed by atoms with E-state index in [9.17, 15) is 0 Å². The summed E-state index contributed by atoms with van der Waals surface area (Å²) in [5, 5.41) is 4.70. The minimum atomic E-state index is 0.649.